The van der Waals surface area contributed by atoms with Crippen LogP contribution < -0.4 is 26.6 Å². The number of carboxylic acid groups (broad SMARTS) is 2. The lowest BCUT2D eigenvalue weighted by Gasteiger charge is -2.41. The van der Waals surface area contributed by atoms with E-state index < -0.39 is 133 Å². The Kier molecular flexibility index (Phi) is 30.4. The number of aliphatic carboxylic acids is 2. The van der Waals surface area contributed by atoms with Crippen molar-refractivity contribution >= 4 is 59.2 Å². The van der Waals surface area contributed by atoms with Gasteiger partial charge in [-0.15, -0.1) is 0 Å². The number of anilines is 1. The molecule has 1 unspecified atom stereocenters. The number of carbonyl (C=O) groups is 9. The number of likely N-dealkylation sites (N-methyl/N-ethyl adjacent to an activating group) is 2. The number of carboxylic acids is 2. The smallest absolute Gasteiger partial charge is 0.410 e. The third-order valence-electron chi connectivity index (χ3n) is 16.0. The molecule has 24 nitrogen and oxygen atoms in total. The largest absolute Gasteiger partial charge is 0.481 e. The van der Waals surface area contributed by atoms with Crippen LogP contribution in [0, 0.1) is 23.7 Å². The number of nitrogens with one attached hydrogen (secondary N) is 5. The van der Waals surface area contributed by atoms with Gasteiger partial charge in [-0.2, -0.15) is 0 Å². The lowest BCUT2D eigenvalue weighted by molar-refractivity contribution is -0.148. The van der Waals surface area contributed by atoms with E-state index in [4.69, 9.17) is 19.3 Å². The van der Waals surface area contributed by atoms with Crippen LogP contribution in [0.5, 0.6) is 0 Å². The SMILES string of the molecule is CC[C@H](C)[C@@H]([C@@H](CC(=O)N1CCC[C@H]1[C@H](OC)[C@@H](C)C(=O)N[C@H](C)[C@@H](O)c1ccccc1)OC)N(C)C(=O)[C@@H](NC(=O)[C@H](C(C)C)N(C)C(=O)OCc1ccc(NC(=O)[C@H](CCC(=O)O)NC(=O)[C@H](CO)NC(C)CCCC(=O)O)cc1)C(C)C. The van der Waals surface area contributed by atoms with Crippen molar-refractivity contribution in [1.82, 2.24) is 36.0 Å². The second-order valence-electron chi connectivity index (χ2n) is 23.1. The predicted octanol–water partition coefficient (Wildman–Crippen LogP) is 4.46. The summed E-state index contributed by atoms with van der Waals surface area (Å²) in [5, 5.41) is 53.0. The van der Waals surface area contributed by atoms with Crippen LogP contribution in [0.15, 0.2) is 54.6 Å². The van der Waals surface area contributed by atoms with Crippen molar-refractivity contribution in [3.05, 3.63) is 65.7 Å². The van der Waals surface area contributed by atoms with Crippen molar-refractivity contribution in [2.24, 2.45) is 23.7 Å². The van der Waals surface area contributed by atoms with Crippen LogP contribution in [0.25, 0.3) is 0 Å². The molecule has 0 saturated carbocycles. The summed E-state index contributed by atoms with van der Waals surface area (Å²) in [6.07, 6.45) is -1.52. The van der Waals surface area contributed by atoms with Gasteiger partial charge < -0.3 is 71.0 Å². The average molecular weight is 1200 g/mol. The van der Waals surface area contributed by atoms with Crippen molar-refractivity contribution in [2.45, 2.75) is 193 Å². The number of hydrogen-bond donors (Lipinski definition) is 9. The molecule has 3 rings (SSSR count). The number of likely N-dealkylation sites (tertiary alicyclic amines) is 1. The molecule has 85 heavy (non-hydrogen) atoms. The number of nitrogens with zero attached hydrogens (tertiary/aromatic N) is 3. The quantitative estimate of drug-likeness (QED) is 0.0455. The Morgan fingerprint density at radius 1 is 0.729 bits per heavy atom. The molecule has 24 heteroatoms. The second kappa shape index (κ2) is 35.7. The van der Waals surface area contributed by atoms with Gasteiger partial charge >= 0.3 is 18.0 Å². The fraction of sp³-hybridized carbons (Fsp3) is 0.656. The van der Waals surface area contributed by atoms with E-state index in [1.165, 1.54) is 38.3 Å². The van der Waals surface area contributed by atoms with Gasteiger partial charge in [0.25, 0.3) is 0 Å². The monoisotopic (exact) mass is 1200 g/mol. The Labute approximate surface area is 500 Å². The Bertz CT molecular complexity index is 2490. The molecule has 1 fully saturated rings. The van der Waals surface area contributed by atoms with Gasteiger partial charge in [0.05, 0.1) is 55.4 Å². The lowest BCUT2D eigenvalue weighted by atomic mass is 9.89. The first-order chi connectivity index (χ1) is 40.1. The van der Waals surface area contributed by atoms with Crippen LogP contribution in [0.3, 0.4) is 0 Å². The molecule has 0 aromatic heterocycles. The van der Waals surface area contributed by atoms with Crippen molar-refractivity contribution in [3.63, 3.8) is 0 Å². The number of amides is 7. The number of hydrogen-bond acceptors (Lipinski definition) is 15. The highest BCUT2D eigenvalue weighted by Crippen LogP contribution is 2.30. The van der Waals surface area contributed by atoms with Crippen molar-refractivity contribution < 1.29 is 77.8 Å². The van der Waals surface area contributed by atoms with Gasteiger partial charge in [-0.3, -0.25) is 43.3 Å². The van der Waals surface area contributed by atoms with Crippen molar-refractivity contribution in [1.29, 1.82) is 0 Å². The van der Waals surface area contributed by atoms with E-state index in [9.17, 15) is 58.5 Å². The third-order valence-corrected chi connectivity index (χ3v) is 16.0. The Morgan fingerprint density at radius 2 is 1.36 bits per heavy atom. The topological polar surface area (TPSA) is 332 Å². The zero-order valence-electron chi connectivity index (χ0n) is 51.9. The number of carbonyl (C=O) groups excluding carboxylic acids is 7. The number of aliphatic hydroxyl groups excluding tert-OH is 2. The minimum Gasteiger partial charge on any atom is -0.481 e. The fourth-order valence-corrected chi connectivity index (χ4v) is 10.9. The molecule has 1 saturated heterocycles. The molecule has 2 aromatic carbocycles. The highest BCUT2D eigenvalue weighted by Gasteiger charge is 2.44. The summed E-state index contributed by atoms with van der Waals surface area (Å²) in [4.78, 5) is 124. The summed E-state index contributed by atoms with van der Waals surface area (Å²) in [6.45, 7) is 15.7. The minimum atomic E-state index is -1.31. The van der Waals surface area contributed by atoms with Gasteiger partial charge in [0, 0.05) is 59.4 Å². The molecule has 0 spiro atoms. The minimum absolute atomic E-state index is 0.0747. The van der Waals surface area contributed by atoms with Crippen LogP contribution in [0.2, 0.25) is 0 Å². The second-order valence-corrected chi connectivity index (χ2v) is 23.1. The molecule has 0 bridgehead atoms. The van der Waals surface area contributed by atoms with E-state index in [1.807, 2.05) is 32.0 Å². The summed E-state index contributed by atoms with van der Waals surface area (Å²) < 4.78 is 17.6. The Morgan fingerprint density at radius 3 is 1.92 bits per heavy atom. The summed E-state index contributed by atoms with van der Waals surface area (Å²) >= 11 is 0. The highest BCUT2D eigenvalue weighted by molar-refractivity contribution is 5.98. The van der Waals surface area contributed by atoms with Gasteiger partial charge in [0.2, 0.25) is 35.4 Å². The normalized spacial score (nSPS) is 17.6. The van der Waals surface area contributed by atoms with Crippen LogP contribution in [-0.4, -0.2) is 191 Å². The predicted molar refractivity (Wildman–Crippen MR) is 317 cm³/mol. The maximum Gasteiger partial charge on any atom is 0.410 e. The third kappa shape index (κ3) is 21.9. The summed E-state index contributed by atoms with van der Waals surface area (Å²) in [5.74, 6) is -7.00. The number of ether oxygens (including phenoxy) is 3. The molecule has 1 heterocycles. The summed E-state index contributed by atoms with van der Waals surface area (Å²) in [5.41, 5.74) is 1.43. The van der Waals surface area contributed by atoms with Gasteiger partial charge in [0.1, 0.15) is 30.8 Å². The maximum atomic E-state index is 14.7. The standard InChI is InChI=1S/C61H96N8O16/c1-14-37(6)53(47(83-12)32-48(71)69-31-19-23-46(69)55(84-13)39(8)56(77)63-40(9)54(76)42-21-16-15-17-22-42)67(10)60(81)51(35(2)3)66-59(80)52(36(4)5)68(11)61(82)85-34-41-25-27-43(28-26-41)64-57(78)44(29-30-50(74)75)65-58(79)45(33-70)62-38(7)20-18-24-49(72)73/h15-17,21-22,25-28,35-40,44-47,51-55,62,70,76H,14,18-20,23-24,29-34H2,1-13H3,(H,63,77)(H,64,78)(H,65,79)(H,66,80)(H,72,73)(H,74,75)/t37-,38?,39+,40+,44-,45-,46-,47+,51-,52-,53-,54+,55+/m0/s1. The fourth-order valence-electron chi connectivity index (χ4n) is 10.9. The average Bonchev–Trinajstić information content (AvgIpc) is 3.84. The molecule has 13 atom stereocenters. The molecule has 0 aliphatic carbocycles. The molecule has 1 aliphatic heterocycles. The first kappa shape index (κ1) is 72.5. The van der Waals surface area contributed by atoms with E-state index in [0.29, 0.717) is 49.8 Å². The van der Waals surface area contributed by atoms with Crippen LogP contribution in [-0.2, 0) is 59.2 Å². The van der Waals surface area contributed by atoms with Crippen molar-refractivity contribution in [3.8, 4) is 0 Å². The summed E-state index contributed by atoms with van der Waals surface area (Å²) in [7, 11) is 6.04. The lowest BCUT2D eigenvalue weighted by Crippen LogP contribution is -2.60. The van der Waals surface area contributed by atoms with Gasteiger partial charge in [-0.25, -0.2) is 4.79 Å². The molecular weight excluding hydrogens is 1100 g/mol. The molecule has 7 amide bonds. The van der Waals surface area contributed by atoms with Gasteiger partial charge in [-0.1, -0.05) is 97.4 Å². The van der Waals surface area contributed by atoms with Gasteiger partial charge in [0.15, 0.2) is 0 Å². The van der Waals surface area contributed by atoms with Crippen molar-refractivity contribution in [2.75, 3.05) is 46.8 Å². The van der Waals surface area contributed by atoms with E-state index in [0.717, 1.165) is 4.90 Å². The Hall–Kier alpha value is -6.73. The molecule has 9 N–H and O–H groups in total. The van der Waals surface area contributed by atoms with E-state index in [2.05, 4.69) is 26.6 Å². The van der Waals surface area contributed by atoms with E-state index >= 15 is 0 Å². The summed E-state index contributed by atoms with van der Waals surface area (Å²) in [6, 6.07) is 8.53. The molecule has 2 aromatic rings. The van der Waals surface area contributed by atoms with E-state index in [1.54, 1.807) is 84.7 Å². The number of aliphatic hydroxyl groups is 2. The molecule has 476 valence electrons. The zero-order valence-corrected chi connectivity index (χ0v) is 51.9. The van der Waals surface area contributed by atoms with Gasteiger partial charge in [-0.05, 0) is 87.0 Å². The van der Waals surface area contributed by atoms with Crippen LogP contribution >= 0.6 is 0 Å². The number of rotatable bonds is 36. The first-order valence-corrected chi connectivity index (χ1v) is 29.5. The van der Waals surface area contributed by atoms with Crippen LogP contribution in [0.4, 0.5) is 10.5 Å². The first-order valence-electron chi connectivity index (χ1n) is 29.5. The zero-order chi connectivity index (χ0) is 63.8. The maximum absolute atomic E-state index is 14.7. The molecular formula is C61H96N8O16. The highest BCUT2D eigenvalue weighted by atomic mass is 16.6. The molecule has 1 aliphatic rings. The van der Waals surface area contributed by atoms with Crippen LogP contribution in [0.1, 0.15) is 137 Å². The number of methoxy groups -OCH3 is 2. The number of benzene rings is 2. The van der Waals surface area contributed by atoms with E-state index in [-0.39, 0.29) is 55.3 Å². The molecule has 0 radical (unpaired) electrons. The Balaban J connectivity index is 1.69.